The molecule has 0 unspecified atom stereocenters. The van der Waals surface area contributed by atoms with E-state index in [1.54, 1.807) is 7.05 Å². The summed E-state index contributed by atoms with van der Waals surface area (Å²) in [7, 11) is 2.90. The maximum Gasteiger partial charge on any atom is 0.358 e. The van der Waals surface area contributed by atoms with Gasteiger partial charge >= 0.3 is 5.97 Å². The molecule has 1 heterocycles. The lowest BCUT2D eigenvalue weighted by atomic mass is 10.1. The van der Waals surface area contributed by atoms with Crippen LogP contribution in [0.4, 0.5) is 5.69 Å². The third-order valence-corrected chi connectivity index (χ3v) is 3.08. The van der Waals surface area contributed by atoms with E-state index in [2.05, 4.69) is 15.2 Å². The van der Waals surface area contributed by atoms with Gasteiger partial charge in [0.1, 0.15) is 0 Å². The number of carbonyl (C=O) groups is 2. The zero-order chi connectivity index (χ0) is 15.2. The van der Waals surface area contributed by atoms with Gasteiger partial charge in [-0.25, -0.2) is 4.79 Å². The molecular weight excluding hydrogens is 270 g/mol. The molecule has 0 bridgehead atoms. The van der Waals surface area contributed by atoms with Gasteiger partial charge in [0.15, 0.2) is 5.69 Å². The Morgan fingerprint density at radius 2 is 2.00 bits per heavy atom. The Morgan fingerprint density at radius 1 is 1.29 bits per heavy atom. The van der Waals surface area contributed by atoms with E-state index in [0.29, 0.717) is 18.5 Å². The lowest BCUT2D eigenvalue weighted by Crippen LogP contribution is -2.16. The molecule has 2 rings (SSSR count). The monoisotopic (exact) mass is 287 g/mol. The lowest BCUT2D eigenvalue weighted by molar-refractivity contribution is -0.116. The van der Waals surface area contributed by atoms with E-state index in [-0.39, 0.29) is 11.6 Å². The SMILES string of the molecule is COC(=O)c1c(NC(=O)CCc2ccccc2)cnn1C. The highest BCUT2D eigenvalue weighted by Crippen LogP contribution is 2.15. The first kappa shape index (κ1) is 14.8. The Hall–Kier alpha value is -2.63. The average molecular weight is 287 g/mol. The Morgan fingerprint density at radius 3 is 2.67 bits per heavy atom. The van der Waals surface area contributed by atoms with Crippen molar-refractivity contribution in [2.45, 2.75) is 12.8 Å². The van der Waals surface area contributed by atoms with Crippen molar-refractivity contribution < 1.29 is 14.3 Å². The largest absolute Gasteiger partial charge is 0.464 e. The molecule has 0 aliphatic carbocycles. The van der Waals surface area contributed by atoms with Crippen LogP contribution in [0.15, 0.2) is 36.5 Å². The van der Waals surface area contributed by atoms with Crippen LogP contribution >= 0.6 is 0 Å². The molecule has 110 valence electrons. The van der Waals surface area contributed by atoms with Crippen LogP contribution in [0.2, 0.25) is 0 Å². The number of nitrogens with one attached hydrogen (secondary N) is 1. The normalized spacial score (nSPS) is 10.2. The number of nitrogens with zero attached hydrogens (tertiary/aromatic N) is 2. The number of esters is 1. The standard InChI is InChI=1S/C15H17N3O3/c1-18-14(15(20)21-2)12(10-16-18)17-13(19)9-8-11-6-4-3-5-7-11/h3-7,10H,8-9H2,1-2H3,(H,17,19). The van der Waals surface area contributed by atoms with Crippen molar-refractivity contribution in [2.75, 3.05) is 12.4 Å². The Labute approximate surface area is 122 Å². The van der Waals surface area contributed by atoms with Gasteiger partial charge in [-0.2, -0.15) is 5.10 Å². The van der Waals surface area contributed by atoms with Crippen LogP contribution < -0.4 is 5.32 Å². The molecule has 0 radical (unpaired) electrons. The average Bonchev–Trinajstić information content (AvgIpc) is 2.86. The van der Waals surface area contributed by atoms with E-state index in [9.17, 15) is 9.59 Å². The highest BCUT2D eigenvalue weighted by atomic mass is 16.5. The van der Waals surface area contributed by atoms with Crippen LogP contribution in [0.25, 0.3) is 0 Å². The molecule has 0 atom stereocenters. The smallest absolute Gasteiger partial charge is 0.358 e. The minimum atomic E-state index is -0.534. The van der Waals surface area contributed by atoms with Crippen LogP contribution in [-0.4, -0.2) is 28.8 Å². The molecule has 0 saturated heterocycles. The van der Waals surface area contributed by atoms with Crippen LogP contribution in [-0.2, 0) is 23.0 Å². The quantitative estimate of drug-likeness (QED) is 0.851. The van der Waals surface area contributed by atoms with Crippen LogP contribution in [0.1, 0.15) is 22.5 Å². The number of methoxy groups -OCH3 is 1. The van der Waals surface area contributed by atoms with Crippen molar-refractivity contribution in [1.82, 2.24) is 9.78 Å². The number of rotatable bonds is 5. The molecule has 0 aliphatic rings. The Bertz CT molecular complexity index is 635. The predicted octanol–water partition coefficient (Wildman–Crippen LogP) is 1.78. The van der Waals surface area contributed by atoms with Gasteiger partial charge in [0.05, 0.1) is 19.0 Å². The number of carbonyl (C=O) groups excluding carboxylic acids is 2. The van der Waals surface area contributed by atoms with Gasteiger partial charge in [0, 0.05) is 13.5 Å². The van der Waals surface area contributed by atoms with Gasteiger partial charge in [-0.15, -0.1) is 0 Å². The molecule has 0 aliphatic heterocycles. The van der Waals surface area contributed by atoms with Crippen molar-refractivity contribution in [3.05, 3.63) is 47.8 Å². The fourth-order valence-electron chi connectivity index (χ4n) is 1.98. The van der Waals surface area contributed by atoms with E-state index >= 15 is 0 Å². The van der Waals surface area contributed by atoms with Crippen molar-refractivity contribution in [3.8, 4) is 0 Å². The van der Waals surface area contributed by atoms with E-state index in [0.717, 1.165) is 5.56 Å². The summed E-state index contributed by atoms with van der Waals surface area (Å²) in [5.74, 6) is -0.703. The van der Waals surface area contributed by atoms with E-state index in [1.807, 2.05) is 30.3 Å². The summed E-state index contributed by atoms with van der Waals surface area (Å²) in [4.78, 5) is 23.6. The summed E-state index contributed by atoms with van der Waals surface area (Å²) in [6.07, 6.45) is 2.41. The molecule has 1 aromatic heterocycles. The molecule has 6 heteroatoms. The third kappa shape index (κ3) is 3.68. The highest BCUT2D eigenvalue weighted by molar-refractivity contribution is 5.99. The van der Waals surface area contributed by atoms with Gasteiger partial charge in [0.25, 0.3) is 0 Å². The first-order valence-corrected chi connectivity index (χ1v) is 6.56. The number of aryl methyl sites for hydroxylation is 2. The number of aromatic nitrogens is 2. The molecule has 0 spiro atoms. The summed E-state index contributed by atoms with van der Waals surface area (Å²) < 4.78 is 6.05. The fraction of sp³-hybridized carbons (Fsp3) is 0.267. The summed E-state index contributed by atoms with van der Waals surface area (Å²) in [6.45, 7) is 0. The van der Waals surface area contributed by atoms with Crippen LogP contribution in [0.5, 0.6) is 0 Å². The predicted molar refractivity (Wildman–Crippen MR) is 77.9 cm³/mol. The zero-order valence-electron chi connectivity index (χ0n) is 12.0. The topological polar surface area (TPSA) is 73.2 Å². The van der Waals surface area contributed by atoms with Crippen LogP contribution in [0.3, 0.4) is 0 Å². The molecule has 1 N–H and O–H groups in total. The van der Waals surface area contributed by atoms with Gasteiger partial charge in [-0.3, -0.25) is 9.48 Å². The van der Waals surface area contributed by atoms with Crippen molar-refractivity contribution in [3.63, 3.8) is 0 Å². The van der Waals surface area contributed by atoms with Crippen molar-refractivity contribution in [2.24, 2.45) is 7.05 Å². The maximum atomic E-state index is 12.0. The molecule has 0 fully saturated rings. The maximum absolute atomic E-state index is 12.0. The minimum Gasteiger partial charge on any atom is -0.464 e. The second-order valence-electron chi connectivity index (χ2n) is 4.56. The second kappa shape index (κ2) is 6.69. The molecular formula is C15H17N3O3. The minimum absolute atomic E-state index is 0.169. The van der Waals surface area contributed by atoms with E-state index < -0.39 is 5.97 Å². The first-order valence-electron chi connectivity index (χ1n) is 6.56. The molecule has 1 amide bonds. The molecule has 6 nitrogen and oxygen atoms in total. The van der Waals surface area contributed by atoms with Gasteiger partial charge in [0.2, 0.25) is 5.91 Å². The van der Waals surface area contributed by atoms with Crippen molar-refractivity contribution in [1.29, 1.82) is 0 Å². The fourth-order valence-corrected chi connectivity index (χ4v) is 1.98. The third-order valence-electron chi connectivity index (χ3n) is 3.08. The van der Waals surface area contributed by atoms with Crippen LogP contribution in [0, 0.1) is 0 Å². The molecule has 1 aromatic carbocycles. The summed E-state index contributed by atoms with van der Waals surface area (Å²) in [6, 6.07) is 9.74. The number of anilines is 1. The summed E-state index contributed by atoms with van der Waals surface area (Å²) in [5.41, 5.74) is 1.68. The zero-order valence-corrected chi connectivity index (χ0v) is 12.0. The summed E-state index contributed by atoms with van der Waals surface area (Å²) in [5, 5.41) is 6.65. The number of ether oxygens (including phenoxy) is 1. The highest BCUT2D eigenvalue weighted by Gasteiger charge is 2.18. The van der Waals surface area contributed by atoms with Crippen molar-refractivity contribution >= 4 is 17.6 Å². The van der Waals surface area contributed by atoms with E-state index in [4.69, 9.17) is 0 Å². The molecule has 2 aromatic rings. The number of hydrogen-bond acceptors (Lipinski definition) is 4. The molecule has 21 heavy (non-hydrogen) atoms. The molecule has 0 saturated carbocycles. The number of benzene rings is 1. The number of amides is 1. The second-order valence-corrected chi connectivity index (χ2v) is 4.56. The Kier molecular flexibility index (Phi) is 4.71. The van der Waals surface area contributed by atoms with Gasteiger partial charge < -0.3 is 10.1 Å². The van der Waals surface area contributed by atoms with Gasteiger partial charge in [-0.05, 0) is 12.0 Å². The van der Waals surface area contributed by atoms with Gasteiger partial charge in [-0.1, -0.05) is 30.3 Å². The number of hydrogen-bond donors (Lipinski definition) is 1. The Balaban J connectivity index is 1.99. The summed E-state index contributed by atoms with van der Waals surface area (Å²) >= 11 is 0. The van der Waals surface area contributed by atoms with E-state index in [1.165, 1.54) is 18.0 Å². The lowest BCUT2D eigenvalue weighted by Gasteiger charge is -2.06. The first-order chi connectivity index (χ1) is 10.1.